The van der Waals surface area contributed by atoms with Crippen molar-refractivity contribution in [1.82, 2.24) is 5.32 Å². The van der Waals surface area contributed by atoms with Gasteiger partial charge in [-0.3, -0.25) is 0 Å². The van der Waals surface area contributed by atoms with Gasteiger partial charge in [-0.1, -0.05) is 32.1 Å². The maximum Gasteiger partial charge on any atom is 0.168 e. The van der Waals surface area contributed by atoms with Crippen molar-refractivity contribution >= 4 is 0 Å². The van der Waals surface area contributed by atoms with Gasteiger partial charge in [-0.15, -0.1) is 0 Å². The summed E-state index contributed by atoms with van der Waals surface area (Å²) in [4.78, 5) is 0. The number of allylic oxidation sites excluding steroid dienone is 2. The summed E-state index contributed by atoms with van der Waals surface area (Å²) in [5, 5.41) is 24.5. The highest BCUT2D eigenvalue weighted by Crippen LogP contribution is 2.65. The SMILES string of the molecule is C[C@]12C=CCNC1=CC[C@@H]1[C@H]2CC[C@@]2(C)[C@H]1CCC2(O)O. The highest BCUT2D eigenvalue weighted by molar-refractivity contribution is 5.30. The molecule has 3 heteroatoms. The molecular formula is C18H27NO2. The van der Waals surface area contributed by atoms with Crippen molar-refractivity contribution in [3.8, 4) is 0 Å². The largest absolute Gasteiger partial charge is 0.384 e. The minimum absolute atomic E-state index is 0.124. The first-order valence-electron chi connectivity index (χ1n) is 8.45. The Kier molecular flexibility index (Phi) is 2.73. The molecule has 0 aromatic carbocycles. The van der Waals surface area contributed by atoms with Crippen LogP contribution < -0.4 is 5.32 Å². The van der Waals surface area contributed by atoms with E-state index in [1.807, 2.05) is 0 Å². The van der Waals surface area contributed by atoms with Crippen molar-refractivity contribution in [2.45, 2.75) is 51.7 Å². The van der Waals surface area contributed by atoms with Crippen LogP contribution in [0, 0.1) is 28.6 Å². The minimum Gasteiger partial charge on any atom is -0.384 e. The van der Waals surface area contributed by atoms with E-state index in [9.17, 15) is 10.2 Å². The van der Waals surface area contributed by atoms with Crippen LogP contribution in [0.1, 0.15) is 46.0 Å². The molecule has 0 spiro atoms. The molecular weight excluding hydrogens is 262 g/mol. The predicted molar refractivity (Wildman–Crippen MR) is 82.2 cm³/mol. The molecule has 1 aliphatic heterocycles. The summed E-state index contributed by atoms with van der Waals surface area (Å²) in [5.74, 6) is 0.196. The van der Waals surface area contributed by atoms with E-state index in [4.69, 9.17) is 0 Å². The van der Waals surface area contributed by atoms with E-state index >= 15 is 0 Å². The molecule has 2 saturated carbocycles. The third kappa shape index (κ3) is 1.62. The highest BCUT2D eigenvalue weighted by Gasteiger charge is 2.63. The Bertz CT molecular complexity index is 523. The second kappa shape index (κ2) is 4.14. The van der Waals surface area contributed by atoms with Crippen molar-refractivity contribution in [3.05, 3.63) is 23.9 Å². The molecule has 21 heavy (non-hydrogen) atoms. The van der Waals surface area contributed by atoms with Gasteiger partial charge in [0.1, 0.15) is 0 Å². The van der Waals surface area contributed by atoms with Gasteiger partial charge in [-0.25, -0.2) is 0 Å². The van der Waals surface area contributed by atoms with Gasteiger partial charge in [0.25, 0.3) is 0 Å². The zero-order chi connectivity index (χ0) is 14.9. The van der Waals surface area contributed by atoms with E-state index in [1.165, 1.54) is 5.70 Å². The molecule has 0 aromatic heterocycles. The molecule has 5 atom stereocenters. The fourth-order valence-corrected chi connectivity index (χ4v) is 5.98. The van der Waals surface area contributed by atoms with Gasteiger partial charge in [0.2, 0.25) is 0 Å². The summed E-state index contributed by atoms with van der Waals surface area (Å²) < 4.78 is 0. The number of hydrogen-bond donors (Lipinski definition) is 3. The van der Waals surface area contributed by atoms with Crippen LogP contribution in [0.3, 0.4) is 0 Å². The monoisotopic (exact) mass is 289 g/mol. The molecule has 0 bridgehead atoms. The van der Waals surface area contributed by atoms with Crippen molar-refractivity contribution < 1.29 is 10.2 Å². The predicted octanol–water partition coefficient (Wildman–Crippen LogP) is 2.56. The van der Waals surface area contributed by atoms with Gasteiger partial charge in [0.15, 0.2) is 5.79 Å². The Labute approximate surface area is 127 Å². The Morgan fingerprint density at radius 3 is 2.71 bits per heavy atom. The van der Waals surface area contributed by atoms with E-state index in [2.05, 4.69) is 37.4 Å². The average Bonchev–Trinajstić information content (AvgIpc) is 2.69. The van der Waals surface area contributed by atoms with Gasteiger partial charge < -0.3 is 15.5 Å². The Hall–Kier alpha value is -0.800. The zero-order valence-electron chi connectivity index (χ0n) is 13.1. The molecule has 2 fully saturated rings. The summed E-state index contributed by atoms with van der Waals surface area (Å²) in [6, 6.07) is 0. The summed E-state index contributed by atoms with van der Waals surface area (Å²) >= 11 is 0. The van der Waals surface area contributed by atoms with E-state index in [-0.39, 0.29) is 10.8 Å². The van der Waals surface area contributed by atoms with E-state index < -0.39 is 5.79 Å². The normalized spacial score (nSPS) is 50.5. The van der Waals surface area contributed by atoms with Crippen molar-refractivity contribution in [1.29, 1.82) is 0 Å². The summed E-state index contributed by atoms with van der Waals surface area (Å²) in [6.07, 6.45) is 11.7. The number of hydrogen-bond acceptors (Lipinski definition) is 3. The molecule has 0 radical (unpaired) electrons. The third-order valence-electron chi connectivity index (χ3n) is 7.36. The van der Waals surface area contributed by atoms with Crippen LogP contribution in [-0.4, -0.2) is 22.5 Å². The lowest BCUT2D eigenvalue weighted by Gasteiger charge is -2.56. The lowest BCUT2D eigenvalue weighted by atomic mass is 9.50. The standard InChI is InChI=1S/C18H27NO2/c1-16-8-3-11-19-15(16)5-4-12-13(16)6-9-17(2)14(12)7-10-18(17,20)21/h3,5,8,12-14,19-21H,4,6-7,9-11H2,1-2H3/t12-,13-,14+,16-,17+/m1/s1. The number of aliphatic hydroxyl groups is 2. The van der Waals surface area contributed by atoms with Crippen LogP contribution in [0.4, 0.5) is 0 Å². The van der Waals surface area contributed by atoms with Crippen LogP contribution in [-0.2, 0) is 0 Å². The Morgan fingerprint density at radius 2 is 1.90 bits per heavy atom. The topological polar surface area (TPSA) is 52.5 Å². The molecule has 116 valence electrons. The fourth-order valence-electron chi connectivity index (χ4n) is 5.98. The molecule has 0 saturated heterocycles. The van der Waals surface area contributed by atoms with Gasteiger partial charge in [0, 0.05) is 29.5 Å². The Morgan fingerprint density at radius 1 is 1.14 bits per heavy atom. The summed E-state index contributed by atoms with van der Waals surface area (Å²) in [6.45, 7) is 5.41. The average molecular weight is 289 g/mol. The summed E-state index contributed by atoms with van der Waals surface area (Å²) in [5.41, 5.74) is 1.20. The first-order valence-corrected chi connectivity index (χ1v) is 8.45. The quantitative estimate of drug-likeness (QED) is 0.474. The number of nitrogens with one attached hydrogen (secondary N) is 1. The molecule has 1 heterocycles. The first-order chi connectivity index (χ1) is 9.88. The van der Waals surface area contributed by atoms with Crippen LogP contribution >= 0.6 is 0 Å². The van der Waals surface area contributed by atoms with E-state index in [1.54, 1.807) is 0 Å². The van der Waals surface area contributed by atoms with Crippen molar-refractivity contribution in [2.75, 3.05) is 6.54 Å². The summed E-state index contributed by atoms with van der Waals surface area (Å²) in [7, 11) is 0. The van der Waals surface area contributed by atoms with Gasteiger partial charge in [0.05, 0.1) is 0 Å². The van der Waals surface area contributed by atoms with E-state index in [0.29, 0.717) is 24.2 Å². The molecule has 0 amide bonds. The molecule has 3 aliphatic carbocycles. The molecule has 3 N–H and O–H groups in total. The van der Waals surface area contributed by atoms with Crippen molar-refractivity contribution in [3.63, 3.8) is 0 Å². The highest BCUT2D eigenvalue weighted by atomic mass is 16.5. The first kappa shape index (κ1) is 13.8. The maximum absolute atomic E-state index is 10.4. The number of rotatable bonds is 0. The molecule has 3 nitrogen and oxygen atoms in total. The minimum atomic E-state index is -1.46. The second-order valence-corrected chi connectivity index (χ2v) is 8.11. The van der Waals surface area contributed by atoms with Crippen molar-refractivity contribution in [2.24, 2.45) is 28.6 Å². The molecule has 0 unspecified atom stereocenters. The van der Waals surface area contributed by atoms with Gasteiger partial charge >= 0.3 is 0 Å². The molecule has 4 rings (SSSR count). The fraction of sp³-hybridized carbons (Fsp3) is 0.778. The number of fused-ring (bicyclic) bond motifs is 5. The van der Waals surface area contributed by atoms with Gasteiger partial charge in [-0.2, -0.15) is 0 Å². The van der Waals surface area contributed by atoms with Crippen LogP contribution in [0.5, 0.6) is 0 Å². The Balaban J connectivity index is 1.73. The second-order valence-electron chi connectivity index (χ2n) is 8.11. The maximum atomic E-state index is 10.4. The van der Waals surface area contributed by atoms with Crippen LogP contribution in [0.2, 0.25) is 0 Å². The lowest BCUT2D eigenvalue weighted by molar-refractivity contribution is -0.245. The molecule has 4 aliphatic rings. The van der Waals surface area contributed by atoms with E-state index in [0.717, 1.165) is 32.2 Å². The van der Waals surface area contributed by atoms with Gasteiger partial charge in [-0.05, 0) is 43.4 Å². The van der Waals surface area contributed by atoms with Crippen LogP contribution in [0.15, 0.2) is 23.9 Å². The molecule has 0 aromatic rings. The zero-order valence-corrected chi connectivity index (χ0v) is 13.1. The third-order valence-corrected chi connectivity index (χ3v) is 7.36. The smallest absolute Gasteiger partial charge is 0.168 e. The lowest BCUT2D eigenvalue weighted by Crippen LogP contribution is -2.54. The van der Waals surface area contributed by atoms with Crippen LogP contribution in [0.25, 0.3) is 0 Å².